The largest absolute Gasteiger partial charge is 0.369 e. The summed E-state index contributed by atoms with van der Waals surface area (Å²) in [6, 6.07) is 4.03. The summed E-state index contributed by atoms with van der Waals surface area (Å²) in [7, 11) is 0. The lowest BCUT2D eigenvalue weighted by Gasteiger charge is -2.31. The number of hydrogen-bond donors (Lipinski definition) is 2. The number of aromatic nitrogens is 5. The Morgan fingerprint density at radius 1 is 1.21 bits per heavy atom. The lowest BCUT2D eigenvalue weighted by Crippen LogP contribution is -2.39. The zero-order chi connectivity index (χ0) is 19.1. The maximum atomic E-state index is 11.4. The van der Waals surface area contributed by atoms with E-state index in [0.29, 0.717) is 5.65 Å². The first-order valence-corrected chi connectivity index (χ1v) is 9.67. The third kappa shape index (κ3) is 2.83. The van der Waals surface area contributed by atoms with Gasteiger partial charge < -0.3 is 15.5 Å². The molecule has 28 heavy (non-hydrogen) atoms. The first-order valence-electron chi connectivity index (χ1n) is 9.67. The number of amides is 1. The van der Waals surface area contributed by atoms with E-state index in [0.717, 1.165) is 73.9 Å². The Morgan fingerprint density at radius 2 is 2.07 bits per heavy atom. The zero-order valence-electron chi connectivity index (χ0n) is 15.5. The van der Waals surface area contributed by atoms with Gasteiger partial charge in [-0.1, -0.05) is 0 Å². The molecular weight excluding hydrogens is 356 g/mol. The van der Waals surface area contributed by atoms with Gasteiger partial charge in [0.2, 0.25) is 5.91 Å². The standard InChI is InChI=1S/C19H22N8O/c20-17(28)12-5-9-26(10-6-12)15-11-22-16-18(23-15)24-25-19(16)27-8-2-3-13-14(27)4-1-7-21-13/h1,4,7,11-12H,2-3,5-6,8-10H2,(H2,20,28)(H,23,24,25). The average molecular weight is 378 g/mol. The van der Waals surface area contributed by atoms with Crippen molar-refractivity contribution in [3.05, 3.63) is 30.2 Å². The van der Waals surface area contributed by atoms with Crippen molar-refractivity contribution in [2.75, 3.05) is 29.4 Å². The van der Waals surface area contributed by atoms with Crippen molar-refractivity contribution >= 4 is 34.4 Å². The van der Waals surface area contributed by atoms with Gasteiger partial charge in [-0.15, -0.1) is 0 Å². The van der Waals surface area contributed by atoms with Gasteiger partial charge in [-0.05, 0) is 37.8 Å². The fraction of sp³-hybridized carbons (Fsp3) is 0.421. The molecule has 144 valence electrons. The van der Waals surface area contributed by atoms with Gasteiger partial charge in [-0.3, -0.25) is 14.9 Å². The number of piperidine rings is 1. The molecule has 0 radical (unpaired) electrons. The van der Waals surface area contributed by atoms with Crippen molar-refractivity contribution in [2.45, 2.75) is 25.7 Å². The number of anilines is 3. The van der Waals surface area contributed by atoms with Gasteiger partial charge in [0.1, 0.15) is 5.82 Å². The van der Waals surface area contributed by atoms with Crippen molar-refractivity contribution < 1.29 is 4.79 Å². The highest BCUT2D eigenvalue weighted by Crippen LogP contribution is 2.34. The molecule has 0 aromatic carbocycles. The number of fused-ring (bicyclic) bond motifs is 2. The van der Waals surface area contributed by atoms with E-state index in [1.54, 1.807) is 6.20 Å². The van der Waals surface area contributed by atoms with Gasteiger partial charge in [0.15, 0.2) is 17.0 Å². The molecular formula is C19H22N8O. The Morgan fingerprint density at radius 3 is 2.89 bits per heavy atom. The molecule has 9 nitrogen and oxygen atoms in total. The van der Waals surface area contributed by atoms with Crippen molar-refractivity contribution in [1.82, 2.24) is 25.1 Å². The molecule has 0 spiro atoms. The number of carbonyl (C=O) groups excluding carboxylic acids is 1. The lowest BCUT2D eigenvalue weighted by atomic mass is 9.96. The molecule has 1 fully saturated rings. The van der Waals surface area contributed by atoms with Crippen LogP contribution in [-0.2, 0) is 11.2 Å². The summed E-state index contributed by atoms with van der Waals surface area (Å²) in [5, 5.41) is 7.54. The molecule has 0 aliphatic carbocycles. The summed E-state index contributed by atoms with van der Waals surface area (Å²) < 4.78 is 0. The van der Waals surface area contributed by atoms with E-state index in [1.807, 2.05) is 12.3 Å². The molecule has 1 saturated heterocycles. The molecule has 5 rings (SSSR count). The SMILES string of the molecule is NC(=O)C1CCN(c2cnc3c(N4CCCc5ncccc54)n[nH]c3n2)CC1. The predicted octanol–water partition coefficient (Wildman–Crippen LogP) is 1.53. The number of nitrogens with two attached hydrogens (primary N) is 1. The van der Waals surface area contributed by atoms with Crippen LogP contribution in [-0.4, -0.2) is 50.7 Å². The summed E-state index contributed by atoms with van der Waals surface area (Å²) in [5.41, 5.74) is 9.02. The fourth-order valence-electron chi connectivity index (χ4n) is 4.13. The fourth-order valence-corrected chi connectivity index (χ4v) is 4.13. The predicted molar refractivity (Wildman–Crippen MR) is 105 cm³/mol. The zero-order valence-corrected chi connectivity index (χ0v) is 15.5. The number of aromatic amines is 1. The number of rotatable bonds is 3. The molecule has 2 aliphatic heterocycles. The summed E-state index contributed by atoms with van der Waals surface area (Å²) in [6.45, 7) is 2.38. The smallest absolute Gasteiger partial charge is 0.220 e. The second kappa shape index (κ2) is 6.74. The molecule has 1 amide bonds. The van der Waals surface area contributed by atoms with Crippen LogP contribution in [0.15, 0.2) is 24.5 Å². The highest BCUT2D eigenvalue weighted by Gasteiger charge is 2.26. The van der Waals surface area contributed by atoms with E-state index >= 15 is 0 Å². The number of aryl methyl sites for hydroxylation is 1. The monoisotopic (exact) mass is 378 g/mol. The van der Waals surface area contributed by atoms with Crippen LogP contribution in [0.4, 0.5) is 17.3 Å². The Bertz CT molecular complexity index is 1020. The second-order valence-electron chi connectivity index (χ2n) is 7.36. The summed E-state index contributed by atoms with van der Waals surface area (Å²) >= 11 is 0. The highest BCUT2D eigenvalue weighted by molar-refractivity contribution is 5.87. The van der Waals surface area contributed by atoms with Crippen LogP contribution in [0.2, 0.25) is 0 Å². The van der Waals surface area contributed by atoms with E-state index in [4.69, 9.17) is 10.7 Å². The minimum atomic E-state index is -0.212. The maximum absolute atomic E-state index is 11.4. The van der Waals surface area contributed by atoms with Gasteiger partial charge in [0, 0.05) is 31.7 Å². The van der Waals surface area contributed by atoms with Gasteiger partial charge in [0.05, 0.1) is 17.6 Å². The van der Waals surface area contributed by atoms with Gasteiger partial charge >= 0.3 is 0 Å². The summed E-state index contributed by atoms with van der Waals surface area (Å²) in [6.07, 6.45) is 7.13. The van der Waals surface area contributed by atoms with Gasteiger partial charge in [0.25, 0.3) is 0 Å². The molecule has 0 atom stereocenters. The van der Waals surface area contributed by atoms with Crippen LogP contribution in [0.5, 0.6) is 0 Å². The van der Waals surface area contributed by atoms with Gasteiger partial charge in [-0.2, -0.15) is 5.10 Å². The normalized spacial score (nSPS) is 17.7. The number of primary amides is 1. The quantitative estimate of drug-likeness (QED) is 0.710. The molecule has 2 aliphatic rings. The number of carbonyl (C=O) groups is 1. The van der Waals surface area contributed by atoms with E-state index in [1.165, 1.54) is 0 Å². The highest BCUT2D eigenvalue weighted by atomic mass is 16.1. The molecule has 9 heteroatoms. The van der Waals surface area contributed by atoms with Crippen molar-refractivity contribution in [3.63, 3.8) is 0 Å². The van der Waals surface area contributed by atoms with Crippen molar-refractivity contribution in [1.29, 1.82) is 0 Å². The van der Waals surface area contributed by atoms with Crippen LogP contribution in [0.25, 0.3) is 11.2 Å². The molecule has 0 saturated carbocycles. The van der Waals surface area contributed by atoms with Crippen LogP contribution < -0.4 is 15.5 Å². The molecule has 0 unspecified atom stereocenters. The van der Waals surface area contributed by atoms with Gasteiger partial charge in [-0.25, -0.2) is 9.97 Å². The van der Waals surface area contributed by atoms with E-state index in [9.17, 15) is 4.79 Å². The Kier molecular flexibility index (Phi) is 4.07. The average Bonchev–Trinajstić information content (AvgIpc) is 3.16. The first kappa shape index (κ1) is 16.9. The number of H-pyrrole nitrogens is 1. The Balaban J connectivity index is 1.43. The third-order valence-corrected chi connectivity index (χ3v) is 5.67. The van der Waals surface area contributed by atoms with Crippen LogP contribution in [0.3, 0.4) is 0 Å². The molecule has 3 aromatic rings. The number of hydrogen-bond acceptors (Lipinski definition) is 7. The van der Waals surface area contributed by atoms with Crippen LogP contribution >= 0.6 is 0 Å². The number of nitrogens with zero attached hydrogens (tertiary/aromatic N) is 6. The lowest BCUT2D eigenvalue weighted by molar-refractivity contribution is -0.122. The Hall–Kier alpha value is -3.23. The van der Waals surface area contributed by atoms with E-state index < -0.39 is 0 Å². The molecule has 0 bridgehead atoms. The Labute approximate surface area is 162 Å². The number of pyridine rings is 1. The van der Waals surface area contributed by atoms with E-state index in [2.05, 4.69) is 36.0 Å². The topological polar surface area (TPSA) is 117 Å². The third-order valence-electron chi connectivity index (χ3n) is 5.67. The molecule has 5 heterocycles. The second-order valence-corrected chi connectivity index (χ2v) is 7.36. The van der Waals surface area contributed by atoms with Crippen LogP contribution in [0.1, 0.15) is 25.0 Å². The molecule has 3 aromatic heterocycles. The van der Waals surface area contributed by atoms with Crippen molar-refractivity contribution in [2.24, 2.45) is 11.7 Å². The van der Waals surface area contributed by atoms with Crippen molar-refractivity contribution in [3.8, 4) is 0 Å². The first-order chi connectivity index (χ1) is 13.7. The minimum absolute atomic E-state index is 0.0422. The van der Waals surface area contributed by atoms with Crippen LogP contribution in [0, 0.1) is 5.92 Å². The number of nitrogens with one attached hydrogen (secondary N) is 1. The minimum Gasteiger partial charge on any atom is -0.369 e. The maximum Gasteiger partial charge on any atom is 0.220 e. The van der Waals surface area contributed by atoms with E-state index in [-0.39, 0.29) is 11.8 Å². The molecule has 3 N–H and O–H groups in total. The summed E-state index contributed by atoms with van der Waals surface area (Å²) in [5.74, 6) is 1.33. The summed E-state index contributed by atoms with van der Waals surface area (Å²) in [4.78, 5) is 29.6.